The molecule has 0 bridgehead atoms. The van der Waals surface area contributed by atoms with Crippen molar-refractivity contribution in [1.82, 2.24) is 10.2 Å². The minimum absolute atomic E-state index is 0.216. The van der Waals surface area contributed by atoms with E-state index in [1.807, 2.05) is 42.5 Å². The summed E-state index contributed by atoms with van der Waals surface area (Å²) in [5.41, 5.74) is 3.26. The summed E-state index contributed by atoms with van der Waals surface area (Å²) in [6, 6.07) is 17.5. The van der Waals surface area contributed by atoms with Crippen LogP contribution in [0.25, 0.3) is 11.1 Å². The van der Waals surface area contributed by atoms with Gasteiger partial charge in [-0.25, -0.2) is 0 Å². The van der Waals surface area contributed by atoms with Gasteiger partial charge in [-0.15, -0.1) is 0 Å². The molecule has 0 aliphatic carbocycles. The lowest BCUT2D eigenvalue weighted by Gasteiger charge is -2.18. The van der Waals surface area contributed by atoms with E-state index < -0.39 is 12.1 Å². The van der Waals surface area contributed by atoms with Crippen LogP contribution in [0.3, 0.4) is 0 Å². The second-order valence-corrected chi connectivity index (χ2v) is 5.99. The smallest absolute Gasteiger partial charge is 0.243 e. The van der Waals surface area contributed by atoms with Gasteiger partial charge >= 0.3 is 0 Å². The molecule has 2 atom stereocenters. The minimum atomic E-state index is -0.629. The van der Waals surface area contributed by atoms with Gasteiger partial charge in [-0.05, 0) is 16.7 Å². The molecule has 1 aliphatic rings. The van der Waals surface area contributed by atoms with E-state index in [9.17, 15) is 14.7 Å². The Kier molecular flexibility index (Phi) is 4.91. The molecule has 5 heteroatoms. The molecule has 0 spiro atoms. The Hall–Kier alpha value is -2.66. The summed E-state index contributed by atoms with van der Waals surface area (Å²) < 4.78 is 0. The Morgan fingerprint density at radius 1 is 1.12 bits per heavy atom. The van der Waals surface area contributed by atoms with Crippen LogP contribution in [0.5, 0.6) is 0 Å². The van der Waals surface area contributed by atoms with Crippen molar-refractivity contribution in [2.75, 3.05) is 6.54 Å². The summed E-state index contributed by atoms with van der Waals surface area (Å²) >= 11 is 0. The van der Waals surface area contributed by atoms with Gasteiger partial charge in [-0.2, -0.15) is 0 Å². The first-order chi connectivity index (χ1) is 11.7. The summed E-state index contributed by atoms with van der Waals surface area (Å²) in [6.45, 7) is 0.612. The predicted octanol–water partition coefficient (Wildman–Crippen LogP) is 1.56. The van der Waals surface area contributed by atoms with Crippen LogP contribution in [0.15, 0.2) is 54.6 Å². The lowest BCUT2D eigenvalue weighted by atomic mass is 10.0. The van der Waals surface area contributed by atoms with Crippen molar-refractivity contribution < 1.29 is 14.7 Å². The lowest BCUT2D eigenvalue weighted by molar-refractivity contribution is -0.131. The molecule has 5 nitrogen and oxygen atoms in total. The maximum atomic E-state index is 12.2. The van der Waals surface area contributed by atoms with Crippen molar-refractivity contribution in [3.05, 3.63) is 60.2 Å². The van der Waals surface area contributed by atoms with Crippen LogP contribution < -0.4 is 5.32 Å². The number of amides is 2. The number of aliphatic hydroxyl groups excluding tert-OH is 1. The molecule has 0 aromatic heterocycles. The first-order valence-electron chi connectivity index (χ1n) is 7.98. The van der Waals surface area contributed by atoms with Crippen molar-refractivity contribution in [3.63, 3.8) is 0 Å². The molecule has 124 valence electrons. The Morgan fingerprint density at radius 3 is 2.46 bits per heavy atom. The molecule has 2 N–H and O–H groups in total. The average molecular weight is 324 g/mol. The topological polar surface area (TPSA) is 69.6 Å². The molecule has 2 unspecified atom stereocenters. The van der Waals surface area contributed by atoms with Gasteiger partial charge < -0.3 is 15.3 Å². The summed E-state index contributed by atoms with van der Waals surface area (Å²) in [4.78, 5) is 24.5. The van der Waals surface area contributed by atoms with Gasteiger partial charge in [0.25, 0.3) is 0 Å². The third kappa shape index (κ3) is 3.63. The fourth-order valence-electron chi connectivity index (χ4n) is 2.97. The number of carbonyl (C=O) groups excluding carboxylic acids is 2. The highest BCUT2D eigenvalue weighted by molar-refractivity contribution is 5.84. The second-order valence-electron chi connectivity index (χ2n) is 5.99. The molecule has 0 saturated carbocycles. The van der Waals surface area contributed by atoms with Crippen molar-refractivity contribution >= 4 is 12.3 Å². The molecule has 24 heavy (non-hydrogen) atoms. The SMILES string of the molecule is O=CN1CC(O)CC1C(=O)NCc1ccc(-c2ccccc2)cc1. The van der Waals surface area contributed by atoms with Gasteiger partial charge in [0, 0.05) is 19.5 Å². The van der Waals surface area contributed by atoms with Crippen molar-refractivity contribution in [1.29, 1.82) is 0 Å². The number of benzene rings is 2. The zero-order valence-corrected chi connectivity index (χ0v) is 13.3. The van der Waals surface area contributed by atoms with Crippen LogP contribution in [0, 0.1) is 0 Å². The van der Waals surface area contributed by atoms with E-state index in [1.165, 1.54) is 4.90 Å². The molecular weight excluding hydrogens is 304 g/mol. The maximum Gasteiger partial charge on any atom is 0.243 e. The van der Waals surface area contributed by atoms with Crippen LogP contribution in [-0.4, -0.2) is 41.0 Å². The van der Waals surface area contributed by atoms with Crippen molar-refractivity contribution in [2.24, 2.45) is 0 Å². The first-order valence-corrected chi connectivity index (χ1v) is 7.98. The van der Waals surface area contributed by atoms with Gasteiger partial charge in [-0.1, -0.05) is 54.6 Å². The number of rotatable bonds is 5. The zero-order valence-electron chi connectivity index (χ0n) is 13.3. The predicted molar refractivity (Wildman–Crippen MR) is 90.9 cm³/mol. The number of hydrogen-bond donors (Lipinski definition) is 2. The number of nitrogens with one attached hydrogen (secondary N) is 1. The van der Waals surface area contributed by atoms with Crippen molar-refractivity contribution in [2.45, 2.75) is 25.1 Å². The minimum Gasteiger partial charge on any atom is -0.391 e. The second kappa shape index (κ2) is 7.27. The zero-order chi connectivity index (χ0) is 16.9. The van der Waals surface area contributed by atoms with E-state index in [0.29, 0.717) is 13.0 Å². The number of hydrogen-bond acceptors (Lipinski definition) is 3. The van der Waals surface area contributed by atoms with E-state index in [2.05, 4.69) is 17.4 Å². The van der Waals surface area contributed by atoms with Gasteiger partial charge in [0.2, 0.25) is 12.3 Å². The summed E-state index contributed by atoms with van der Waals surface area (Å²) in [6.07, 6.45) is 0.281. The third-order valence-corrected chi connectivity index (χ3v) is 4.28. The number of likely N-dealkylation sites (tertiary alicyclic amines) is 1. The molecule has 1 fully saturated rings. The number of carbonyl (C=O) groups is 2. The van der Waals surface area contributed by atoms with Gasteiger partial charge in [0.1, 0.15) is 6.04 Å². The molecule has 2 aromatic rings. The summed E-state index contributed by atoms with van der Waals surface area (Å²) in [7, 11) is 0. The van der Waals surface area contributed by atoms with Gasteiger partial charge in [0.05, 0.1) is 6.10 Å². The molecule has 2 aromatic carbocycles. The van der Waals surface area contributed by atoms with E-state index >= 15 is 0 Å². The highest BCUT2D eigenvalue weighted by atomic mass is 16.3. The maximum absolute atomic E-state index is 12.2. The lowest BCUT2D eigenvalue weighted by Crippen LogP contribution is -2.42. The van der Waals surface area contributed by atoms with Crippen LogP contribution >= 0.6 is 0 Å². The van der Waals surface area contributed by atoms with Crippen LogP contribution in [0.2, 0.25) is 0 Å². The van der Waals surface area contributed by atoms with E-state index in [0.717, 1.165) is 16.7 Å². The van der Waals surface area contributed by atoms with Gasteiger partial charge in [0.15, 0.2) is 0 Å². The number of β-amino-alcohol motifs (C(OH)–C–C–N with tert-alkyl or cyclic N) is 1. The normalized spacial score (nSPS) is 20.0. The molecule has 1 heterocycles. The fourth-order valence-corrected chi connectivity index (χ4v) is 2.97. The van der Waals surface area contributed by atoms with Crippen molar-refractivity contribution in [3.8, 4) is 11.1 Å². The molecule has 2 amide bonds. The first kappa shape index (κ1) is 16.2. The molecule has 1 aliphatic heterocycles. The third-order valence-electron chi connectivity index (χ3n) is 4.28. The van der Waals surface area contributed by atoms with Crippen LogP contribution in [0.1, 0.15) is 12.0 Å². The summed E-state index contributed by atoms with van der Waals surface area (Å²) in [5, 5.41) is 12.4. The Labute approximate surface area is 140 Å². The fraction of sp³-hybridized carbons (Fsp3) is 0.263. The quantitative estimate of drug-likeness (QED) is 0.820. The Bertz CT molecular complexity index is 700. The molecule has 3 rings (SSSR count). The largest absolute Gasteiger partial charge is 0.391 e. The standard InChI is InChI=1S/C19H20N2O3/c22-13-21-12-17(23)10-18(21)19(24)20-11-14-6-8-16(9-7-14)15-4-2-1-3-5-15/h1-9,13,17-18,23H,10-12H2,(H,20,24). The highest BCUT2D eigenvalue weighted by Crippen LogP contribution is 2.19. The highest BCUT2D eigenvalue weighted by Gasteiger charge is 2.34. The van der Waals surface area contributed by atoms with Crippen LogP contribution in [0.4, 0.5) is 0 Å². The molecular formula is C19H20N2O3. The Morgan fingerprint density at radius 2 is 1.79 bits per heavy atom. The van der Waals surface area contributed by atoms with Gasteiger partial charge in [-0.3, -0.25) is 9.59 Å². The van der Waals surface area contributed by atoms with E-state index in [4.69, 9.17) is 0 Å². The average Bonchev–Trinajstić information content (AvgIpc) is 3.02. The Balaban J connectivity index is 1.59. The summed E-state index contributed by atoms with van der Waals surface area (Å²) in [5.74, 6) is -0.231. The molecule has 0 radical (unpaired) electrons. The van der Waals surface area contributed by atoms with E-state index in [-0.39, 0.29) is 18.9 Å². The number of aliphatic hydroxyl groups is 1. The monoisotopic (exact) mass is 324 g/mol. The molecule has 1 saturated heterocycles. The number of nitrogens with zero attached hydrogens (tertiary/aromatic N) is 1. The van der Waals surface area contributed by atoms with E-state index in [1.54, 1.807) is 0 Å². The van der Waals surface area contributed by atoms with Crippen LogP contribution in [-0.2, 0) is 16.1 Å².